The predicted molar refractivity (Wildman–Crippen MR) is 100 cm³/mol. The summed E-state index contributed by atoms with van der Waals surface area (Å²) < 4.78 is 45.1. The van der Waals surface area contributed by atoms with Gasteiger partial charge in [0.15, 0.2) is 0 Å². The molecule has 2 heterocycles. The summed E-state index contributed by atoms with van der Waals surface area (Å²) in [6.07, 6.45) is 1.64. The molecule has 1 aliphatic heterocycles. The lowest BCUT2D eigenvalue weighted by Crippen LogP contribution is -2.35. The van der Waals surface area contributed by atoms with E-state index in [1.165, 1.54) is 20.3 Å². The second kappa shape index (κ2) is 8.39. The van der Waals surface area contributed by atoms with Gasteiger partial charge < -0.3 is 14.2 Å². The third-order valence-electron chi connectivity index (χ3n) is 4.53. The molecule has 2 aromatic rings. The van der Waals surface area contributed by atoms with Crippen molar-refractivity contribution in [2.45, 2.75) is 23.8 Å². The molecule has 142 valence electrons. The van der Waals surface area contributed by atoms with Crippen LogP contribution in [0.2, 0.25) is 0 Å². The van der Waals surface area contributed by atoms with Crippen LogP contribution in [-0.4, -0.2) is 35.9 Å². The Labute approximate surface area is 158 Å². The quantitative estimate of drug-likeness (QED) is 0.777. The van der Waals surface area contributed by atoms with Crippen molar-refractivity contribution < 1.29 is 22.6 Å². The minimum atomic E-state index is -3.80. The largest absolute Gasteiger partial charge is 0.497 e. The molecular formula is C18H23NO5S2. The van der Waals surface area contributed by atoms with Crippen LogP contribution >= 0.6 is 11.3 Å². The van der Waals surface area contributed by atoms with Crippen LogP contribution in [0, 0.1) is 5.92 Å². The third-order valence-corrected chi connectivity index (χ3v) is 6.95. The Balaban J connectivity index is 1.95. The summed E-state index contributed by atoms with van der Waals surface area (Å²) in [5, 5.41) is 1.96. The van der Waals surface area contributed by atoms with Gasteiger partial charge in [-0.1, -0.05) is 6.07 Å². The monoisotopic (exact) mass is 397 g/mol. The standard InChI is InChI=1S/C18H23NO5S2/c1-22-14-5-6-15(23-2)17(12-14)26(20,21)19-18(16-4-3-11-25-16)13-7-9-24-10-8-13/h3-6,11-13,18-19H,7-10H2,1-2H3. The summed E-state index contributed by atoms with van der Waals surface area (Å²) in [6, 6.07) is 8.37. The van der Waals surface area contributed by atoms with Crippen LogP contribution in [0.15, 0.2) is 40.6 Å². The summed E-state index contributed by atoms with van der Waals surface area (Å²) >= 11 is 1.55. The van der Waals surface area contributed by atoms with E-state index in [2.05, 4.69) is 4.72 Å². The van der Waals surface area contributed by atoms with Gasteiger partial charge in [-0.2, -0.15) is 0 Å². The van der Waals surface area contributed by atoms with E-state index < -0.39 is 10.0 Å². The number of thiophene rings is 1. The van der Waals surface area contributed by atoms with Crippen LogP contribution in [0.4, 0.5) is 0 Å². The average Bonchev–Trinajstić information content (AvgIpc) is 3.21. The highest BCUT2D eigenvalue weighted by molar-refractivity contribution is 7.89. The molecular weight excluding hydrogens is 374 g/mol. The summed E-state index contributed by atoms with van der Waals surface area (Å²) in [4.78, 5) is 1.08. The van der Waals surface area contributed by atoms with Gasteiger partial charge in [-0.3, -0.25) is 0 Å². The lowest BCUT2D eigenvalue weighted by molar-refractivity contribution is 0.0568. The molecule has 1 unspecified atom stereocenters. The molecule has 26 heavy (non-hydrogen) atoms. The molecule has 1 N–H and O–H groups in total. The van der Waals surface area contributed by atoms with Gasteiger partial charge in [0.1, 0.15) is 16.4 Å². The van der Waals surface area contributed by atoms with Crippen molar-refractivity contribution in [3.8, 4) is 11.5 Å². The molecule has 0 spiro atoms. The van der Waals surface area contributed by atoms with Crippen LogP contribution in [0.1, 0.15) is 23.8 Å². The molecule has 1 atom stereocenters. The molecule has 0 saturated carbocycles. The van der Waals surface area contributed by atoms with Crippen molar-refractivity contribution in [1.29, 1.82) is 0 Å². The molecule has 6 nitrogen and oxygen atoms in total. The van der Waals surface area contributed by atoms with E-state index in [-0.39, 0.29) is 22.6 Å². The molecule has 0 aliphatic carbocycles. The Morgan fingerprint density at radius 1 is 1.19 bits per heavy atom. The molecule has 8 heteroatoms. The van der Waals surface area contributed by atoms with Crippen molar-refractivity contribution in [2.24, 2.45) is 5.92 Å². The number of benzene rings is 1. The van der Waals surface area contributed by atoms with E-state index in [4.69, 9.17) is 14.2 Å². The Kier molecular flexibility index (Phi) is 6.18. The fraction of sp³-hybridized carbons (Fsp3) is 0.444. The molecule has 0 bridgehead atoms. The number of hydrogen-bond donors (Lipinski definition) is 1. The number of ether oxygens (including phenoxy) is 3. The summed E-state index contributed by atoms with van der Waals surface area (Å²) in [6.45, 7) is 1.30. The molecule has 1 saturated heterocycles. The zero-order valence-electron chi connectivity index (χ0n) is 14.8. The molecule has 1 fully saturated rings. The van der Waals surface area contributed by atoms with Gasteiger partial charge in [0.05, 0.1) is 20.3 Å². The Morgan fingerprint density at radius 2 is 1.96 bits per heavy atom. The van der Waals surface area contributed by atoms with Gasteiger partial charge in [0, 0.05) is 24.2 Å². The van der Waals surface area contributed by atoms with Gasteiger partial charge in [-0.15, -0.1) is 11.3 Å². The predicted octanol–water partition coefficient (Wildman–Crippen LogP) is 3.21. The first-order valence-corrected chi connectivity index (χ1v) is 10.8. The topological polar surface area (TPSA) is 73.9 Å². The van der Waals surface area contributed by atoms with E-state index in [0.717, 1.165) is 17.7 Å². The highest BCUT2D eigenvalue weighted by atomic mass is 32.2. The summed E-state index contributed by atoms with van der Waals surface area (Å²) in [5.74, 6) is 0.939. The van der Waals surface area contributed by atoms with Crippen molar-refractivity contribution in [2.75, 3.05) is 27.4 Å². The second-order valence-electron chi connectivity index (χ2n) is 6.08. The SMILES string of the molecule is COc1ccc(OC)c(S(=O)(=O)NC(c2cccs2)C2CCOCC2)c1. The second-order valence-corrected chi connectivity index (χ2v) is 8.74. The van der Waals surface area contributed by atoms with Crippen LogP contribution in [0.25, 0.3) is 0 Å². The molecule has 0 amide bonds. The van der Waals surface area contributed by atoms with E-state index >= 15 is 0 Å². The minimum Gasteiger partial charge on any atom is -0.497 e. The minimum absolute atomic E-state index is 0.0768. The van der Waals surface area contributed by atoms with E-state index in [1.54, 1.807) is 23.5 Å². The number of sulfonamides is 1. The van der Waals surface area contributed by atoms with Crippen molar-refractivity contribution in [1.82, 2.24) is 4.72 Å². The maximum atomic E-state index is 13.2. The van der Waals surface area contributed by atoms with Gasteiger partial charge >= 0.3 is 0 Å². The van der Waals surface area contributed by atoms with Crippen LogP contribution in [0.3, 0.4) is 0 Å². The zero-order valence-corrected chi connectivity index (χ0v) is 16.4. The zero-order chi connectivity index (χ0) is 18.6. The van der Waals surface area contributed by atoms with Crippen LogP contribution in [0.5, 0.6) is 11.5 Å². The van der Waals surface area contributed by atoms with Crippen LogP contribution in [-0.2, 0) is 14.8 Å². The molecule has 1 aromatic carbocycles. The fourth-order valence-electron chi connectivity index (χ4n) is 3.13. The van der Waals surface area contributed by atoms with Crippen molar-refractivity contribution >= 4 is 21.4 Å². The van der Waals surface area contributed by atoms with Crippen molar-refractivity contribution in [3.63, 3.8) is 0 Å². The summed E-state index contributed by atoms with van der Waals surface area (Å²) in [7, 11) is -0.843. The van der Waals surface area contributed by atoms with E-state index in [9.17, 15) is 8.42 Å². The smallest absolute Gasteiger partial charge is 0.244 e. The molecule has 1 aliphatic rings. The molecule has 0 radical (unpaired) electrons. The van der Waals surface area contributed by atoms with Gasteiger partial charge in [0.2, 0.25) is 10.0 Å². The van der Waals surface area contributed by atoms with Crippen LogP contribution < -0.4 is 14.2 Å². The number of nitrogens with one attached hydrogen (secondary N) is 1. The average molecular weight is 398 g/mol. The van der Waals surface area contributed by atoms with Gasteiger partial charge in [-0.05, 0) is 42.3 Å². The number of rotatable bonds is 7. The lowest BCUT2D eigenvalue weighted by atomic mass is 9.91. The highest BCUT2D eigenvalue weighted by Gasteiger charge is 2.32. The first-order valence-electron chi connectivity index (χ1n) is 8.40. The Hall–Kier alpha value is -1.61. The molecule has 1 aromatic heterocycles. The number of hydrogen-bond acceptors (Lipinski definition) is 6. The first kappa shape index (κ1) is 19.2. The van der Waals surface area contributed by atoms with Gasteiger partial charge in [-0.25, -0.2) is 13.1 Å². The maximum Gasteiger partial charge on any atom is 0.244 e. The normalized spacial score (nSPS) is 17.0. The van der Waals surface area contributed by atoms with E-state index in [1.807, 2.05) is 17.5 Å². The highest BCUT2D eigenvalue weighted by Crippen LogP contribution is 2.35. The first-order chi connectivity index (χ1) is 12.5. The fourth-order valence-corrected chi connectivity index (χ4v) is 5.54. The Bertz CT molecular complexity index is 814. The number of methoxy groups -OCH3 is 2. The van der Waals surface area contributed by atoms with Crippen molar-refractivity contribution in [3.05, 3.63) is 40.6 Å². The summed E-state index contributed by atoms with van der Waals surface area (Å²) in [5.41, 5.74) is 0. The lowest BCUT2D eigenvalue weighted by Gasteiger charge is -2.30. The molecule has 3 rings (SSSR count). The Morgan fingerprint density at radius 3 is 2.58 bits per heavy atom. The van der Waals surface area contributed by atoms with Gasteiger partial charge in [0.25, 0.3) is 0 Å². The third kappa shape index (κ3) is 4.20. The maximum absolute atomic E-state index is 13.2. The van der Waals surface area contributed by atoms with E-state index in [0.29, 0.717) is 19.0 Å².